The summed E-state index contributed by atoms with van der Waals surface area (Å²) in [4.78, 5) is 1.06. The zero-order valence-electron chi connectivity index (χ0n) is 10.4. The van der Waals surface area contributed by atoms with Gasteiger partial charge in [0.15, 0.2) is 11.6 Å². The molecule has 3 rings (SSSR count). The minimum atomic E-state index is 0.476. The first kappa shape index (κ1) is 11.9. The number of hydrogen-bond acceptors (Lipinski definition) is 6. The monoisotopic (exact) mass is 275 g/mol. The molecule has 0 amide bonds. The molecule has 0 saturated carbocycles. The highest BCUT2D eigenvalue weighted by molar-refractivity contribution is 7.13. The van der Waals surface area contributed by atoms with Crippen molar-refractivity contribution in [2.45, 2.75) is 19.9 Å². The summed E-state index contributed by atoms with van der Waals surface area (Å²) in [6.07, 6.45) is 0.786. The Kier molecular flexibility index (Phi) is 3.04. The Hall–Kier alpha value is -2.15. The van der Waals surface area contributed by atoms with Crippen LogP contribution in [-0.4, -0.2) is 20.2 Å². The Balaban J connectivity index is 1.84. The summed E-state index contributed by atoms with van der Waals surface area (Å²) in [7, 11) is 0. The SMILES string of the molecule is CCc1c(N)nnn1Cc1cc(-c2cccs2)on1. The molecule has 0 aromatic carbocycles. The van der Waals surface area contributed by atoms with Gasteiger partial charge in [-0.2, -0.15) is 0 Å². The number of rotatable bonds is 4. The third-order valence-electron chi connectivity index (χ3n) is 2.84. The van der Waals surface area contributed by atoms with E-state index in [1.807, 2.05) is 30.5 Å². The number of anilines is 1. The fraction of sp³-hybridized carbons (Fsp3) is 0.250. The molecule has 0 bridgehead atoms. The maximum absolute atomic E-state index is 5.75. The lowest BCUT2D eigenvalue weighted by atomic mass is 10.3. The largest absolute Gasteiger partial charge is 0.381 e. The number of thiophene rings is 1. The van der Waals surface area contributed by atoms with Crippen molar-refractivity contribution >= 4 is 17.2 Å². The van der Waals surface area contributed by atoms with Crippen molar-refractivity contribution < 1.29 is 4.52 Å². The van der Waals surface area contributed by atoms with Gasteiger partial charge in [0.2, 0.25) is 0 Å². The van der Waals surface area contributed by atoms with Gasteiger partial charge in [0.05, 0.1) is 17.1 Å². The first-order valence-electron chi connectivity index (χ1n) is 5.95. The Morgan fingerprint density at radius 1 is 1.47 bits per heavy atom. The maximum atomic E-state index is 5.75. The standard InChI is InChI=1S/C12H13N5OS/c1-2-9-12(13)14-16-17(9)7-8-6-10(18-15-8)11-4-3-5-19-11/h3-6H,2,7,13H2,1H3. The van der Waals surface area contributed by atoms with Gasteiger partial charge in [-0.05, 0) is 17.9 Å². The summed E-state index contributed by atoms with van der Waals surface area (Å²) in [5, 5.41) is 14.0. The zero-order chi connectivity index (χ0) is 13.2. The fourth-order valence-electron chi connectivity index (χ4n) is 1.91. The van der Waals surface area contributed by atoms with Crippen molar-refractivity contribution in [1.29, 1.82) is 0 Å². The number of nitrogen functional groups attached to an aromatic ring is 1. The normalized spacial score (nSPS) is 11.0. The third-order valence-corrected chi connectivity index (χ3v) is 3.72. The number of nitrogens with zero attached hydrogens (tertiary/aromatic N) is 4. The van der Waals surface area contributed by atoms with E-state index in [9.17, 15) is 0 Å². The summed E-state index contributed by atoms with van der Waals surface area (Å²) in [6.45, 7) is 2.54. The lowest BCUT2D eigenvalue weighted by Gasteiger charge is -2.01. The summed E-state index contributed by atoms with van der Waals surface area (Å²) in [5.74, 6) is 1.25. The molecular formula is C12H13N5OS. The van der Waals surface area contributed by atoms with Crippen LogP contribution in [0.4, 0.5) is 5.82 Å². The molecule has 0 unspecified atom stereocenters. The summed E-state index contributed by atoms with van der Waals surface area (Å²) in [6, 6.07) is 5.90. The van der Waals surface area contributed by atoms with Crippen LogP contribution in [0.5, 0.6) is 0 Å². The van der Waals surface area contributed by atoms with Gasteiger partial charge in [-0.1, -0.05) is 23.4 Å². The van der Waals surface area contributed by atoms with E-state index in [0.717, 1.165) is 28.4 Å². The molecule has 7 heteroatoms. The molecule has 3 heterocycles. The van der Waals surface area contributed by atoms with Gasteiger partial charge in [-0.3, -0.25) is 0 Å². The van der Waals surface area contributed by atoms with Gasteiger partial charge in [-0.25, -0.2) is 4.68 Å². The average molecular weight is 275 g/mol. The van der Waals surface area contributed by atoms with Crippen LogP contribution in [0.2, 0.25) is 0 Å². The predicted octanol–water partition coefficient (Wildman–Crippen LogP) is 2.19. The van der Waals surface area contributed by atoms with E-state index in [0.29, 0.717) is 12.4 Å². The zero-order valence-corrected chi connectivity index (χ0v) is 11.2. The fourth-order valence-corrected chi connectivity index (χ4v) is 2.58. The molecule has 0 atom stereocenters. The Labute approximate surface area is 113 Å². The van der Waals surface area contributed by atoms with Gasteiger partial charge < -0.3 is 10.3 Å². The molecule has 0 aliphatic rings. The molecule has 0 fully saturated rings. The van der Waals surface area contributed by atoms with E-state index in [1.54, 1.807) is 16.0 Å². The van der Waals surface area contributed by atoms with Gasteiger partial charge in [-0.15, -0.1) is 16.4 Å². The van der Waals surface area contributed by atoms with E-state index < -0.39 is 0 Å². The Morgan fingerprint density at radius 3 is 3.11 bits per heavy atom. The Bertz CT molecular complexity index is 670. The molecule has 0 spiro atoms. The number of aromatic nitrogens is 4. The molecule has 6 nitrogen and oxygen atoms in total. The van der Waals surface area contributed by atoms with Crippen LogP contribution in [0, 0.1) is 0 Å². The maximum Gasteiger partial charge on any atom is 0.177 e. The van der Waals surface area contributed by atoms with E-state index in [2.05, 4.69) is 15.5 Å². The average Bonchev–Trinajstić information content (AvgIpc) is 3.11. The van der Waals surface area contributed by atoms with Gasteiger partial charge in [0.25, 0.3) is 0 Å². The highest BCUT2D eigenvalue weighted by atomic mass is 32.1. The van der Waals surface area contributed by atoms with Gasteiger partial charge in [0, 0.05) is 6.07 Å². The van der Waals surface area contributed by atoms with Gasteiger partial charge >= 0.3 is 0 Å². The van der Waals surface area contributed by atoms with Crippen molar-refractivity contribution in [3.8, 4) is 10.6 Å². The molecule has 0 saturated heterocycles. The minimum Gasteiger partial charge on any atom is -0.381 e. The second-order valence-electron chi connectivity index (χ2n) is 4.09. The third kappa shape index (κ3) is 2.24. The smallest absolute Gasteiger partial charge is 0.177 e. The highest BCUT2D eigenvalue weighted by Crippen LogP contribution is 2.25. The topological polar surface area (TPSA) is 82.8 Å². The van der Waals surface area contributed by atoms with Crippen LogP contribution in [0.15, 0.2) is 28.1 Å². The van der Waals surface area contributed by atoms with E-state index >= 15 is 0 Å². The van der Waals surface area contributed by atoms with E-state index in [4.69, 9.17) is 10.3 Å². The highest BCUT2D eigenvalue weighted by Gasteiger charge is 2.12. The quantitative estimate of drug-likeness (QED) is 0.789. The van der Waals surface area contributed by atoms with Crippen LogP contribution >= 0.6 is 11.3 Å². The lowest BCUT2D eigenvalue weighted by Crippen LogP contribution is -2.06. The van der Waals surface area contributed by atoms with E-state index in [1.165, 1.54) is 0 Å². The van der Waals surface area contributed by atoms with Crippen molar-refractivity contribution in [3.05, 3.63) is 35.0 Å². The van der Waals surface area contributed by atoms with Crippen molar-refractivity contribution in [2.24, 2.45) is 0 Å². The summed E-state index contributed by atoms with van der Waals surface area (Å²) in [5.41, 5.74) is 7.48. The molecule has 3 aromatic heterocycles. The predicted molar refractivity (Wildman–Crippen MR) is 72.7 cm³/mol. The molecule has 0 radical (unpaired) electrons. The van der Waals surface area contributed by atoms with Crippen molar-refractivity contribution in [1.82, 2.24) is 20.2 Å². The first-order valence-corrected chi connectivity index (χ1v) is 6.83. The second kappa shape index (κ2) is 4.85. The van der Waals surface area contributed by atoms with Gasteiger partial charge in [0.1, 0.15) is 5.69 Å². The number of nitrogens with two attached hydrogens (primary N) is 1. The minimum absolute atomic E-state index is 0.476. The molecule has 0 aliphatic carbocycles. The molecule has 3 aromatic rings. The summed E-state index contributed by atoms with van der Waals surface area (Å²) >= 11 is 1.62. The number of hydrogen-bond donors (Lipinski definition) is 1. The van der Waals surface area contributed by atoms with E-state index in [-0.39, 0.29) is 0 Å². The molecule has 2 N–H and O–H groups in total. The molecule has 98 valence electrons. The molecule has 0 aliphatic heterocycles. The lowest BCUT2D eigenvalue weighted by molar-refractivity contribution is 0.419. The van der Waals surface area contributed by atoms with Crippen LogP contribution in [0.3, 0.4) is 0 Å². The summed E-state index contributed by atoms with van der Waals surface area (Å²) < 4.78 is 7.08. The Morgan fingerprint density at radius 2 is 2.37 bits per heavy atom. The second-order valence-corrected chi connectivity index (χ2v) is 5.04. The van der Waals surface area contributed by atoms with Crippen LogP contribution in [-0.2, 0) is 13.0 Å². The molecular weight excluding hydrogens is 262 g/mol. The van der Waals surface area contributed by atoms with Crippen LogP contribution < -0.4 is 5.73 Å². The van der Waals surface area contributed by atoms with Crippen LogP contribution in [0.1, 0.15) is 18.3 Å². The molecule has 19 heavy (non-hydrogen) atoms. The first-order chi connectivity index (χ1) is 9.28. The van der Waals surface area contributed by atoms with Crippen LogP contribution in [0.25, 0.3) is 10.6 Å². The van der Waals surface area contributed by atoms with Crippen molar-refractivity contribution in [3.63, 3.8) is 0 Å². The van der Waals surface area contributed by atoms with Crippen molar-refractivity contribution in [2.75, 3.05) is 5.73 Å².